The number of benzene rings is 1. The summed E-state index contributed by atoms with van der Waals surface area (Å²) in [5.41, 5.74) is 2.55. The number of rotatable bonds is 3. The molecule has 0 radical (unpaired) electrons. The van der Waals surface area contributed by atoms with Crippen LogP contribution in [0.15, 0.2) is 12.1 Å². The van der Waals surface area contributed by atoms with Gasteiger partial charge in [0.15, 0.2) is 11.5 Å². The van der Waals surface area contributed by atoms with Gasteiger partial charge >= 0.3 is 5.97 Å². The quantitative estimate of drug-likeness (QED) is 0.607. The van der Waals surface area contributed by atoms with Crippen molar-refractivity contribution in [3.63, 3.8) is 0 Å². The number of ether oxygens (including phenoxy) is 3. The zero-order valence-corrected chi connectivity index (χ0v) is 15.7. The number of carbonyl (C=O) groups excluding carboxylic acids is 1. The van der Waals surface area contributed by atoms with Crippen LogP contribution in [0.25, 0.3) is 0 Å². The average molecular weight is 367 g/mol. The third kappa shape index (κ3) is 1.64. The Balaban J connectivity index is 1.42. The molecule has 2 spiro atoms. The Kier molecular flexibility index (Phi) is 2.67. The summed E-state index contributed by atoms with van der Waals surface area (Å²) >= 11 is 0. The second-order valence-corrected chi connectivity index (χ2v) is 9.52. The summed E-state index contributed by atoms with van der Waals surface area (Å²) in [5, 5.41) is 0. The molecule has 7 rings (SSSR count). The number of hydrogen-bond donors (Lipinski definition) is 0. The lowest BCUT2D eigenvalue weighted by atomic mass is 9.51. The van der Waals surface area contributed by atoms with E-state index < -0.39 is 0 Å². The average Bonchev–Trinajstić information content (AvgIpc) is 3.12. The third-order valence-corrected chi connectivity index (χ3v) is 8.27. The molecule has 5 atom stereocenters. The molecule has 1 aromatic rings. The SMILES string of the molecule is CC(=O)Oc1ccc2c3c1O[C@H]1[C@H]4CC[C@]5(O4)[C@@H](C2)N(CC2CC2)CC[C@]315. The molecule has 0 aromatic heterocycles. The molecule has 0 N–H and O–H groups in total. The van der Waals surface area contributed by atoms with Gasteiger partial charge in [-0.3, -0.25) is 9.69 Å². The highest BCUT2D eigenvalue weighted by Gasteiger charge is 2.79. The van der Waals surface area contributed by atoms with Crippen LogP contribution >= 0.6 is 0 Å². The zero-order chi connectivity index (χ0) is 18.0. The molecule has 4 bridgehead atoms. The van der Waals surface area contributed by atoms with Crippen LogP contribution in [0.3, 0.4) is 0 Å². The summed E-state index contributed by atoms with van der Waals surface area (Å²) in [6, 6.07) is 4.58. The maximum Gasteiger partial charge on any atom is 0.308 e. The van der Waals surface area contributed by atoms with E-state index in [2.05, 4.69) is 11.0 Å². The Labute approximate surface area is 158 Å². The van der Waals surface area contributed by atoms with Gasteiger partial charge in [-0.15, -0.1) is 0 Å². The number of likely N-dealkylation sites (tertiary alicyclic amines) is 1. The largest absolute Gasteiger partial charge is 0.482 e. The molecular weight excluding hydrogens is 342 g/mol. The van der Waals surface area contributed by atoms with Gasteiger partial charge in [0.1, 0.15) is 6.10 Å². The van der Waals surface area contributed by atoms with E-state index in [9.17, 15) is 4.79 Å². The zero-order valence-electron chi connectivity index (χ0n) is 15.7. The van der Waals surface area contributed by atoms with Gasteiger partial charge in [0.2, 0.25) is 0 Å². The fraction of sp³-hybridized carbons (Fsp3) is 0.682. The van der Waals surface area contributed by atoms with Crippen molar-refractivity contribution in [2.75, 3.05) is 13.1 Å². The van der Waals surface area contributed by atoms with Gasteiger partial charge in [0.25, 0.3) is 0 Å². The molecule has 5 nitrogen and oxygen atoms in total. The normalized spacial score (nSPS) is 42.8. The first-order chi connectivity index (χ1) is 13.1. The first-order valence-electron chi connectivity index (χ1n) is 10.6. The minimum absolute atomic E-state index is 0.0420. The molecule has 4 aliphatic heterocycles. The molecule has 4 fully saturated rings. The van der Waals surface area contributed by atoms with Crippen molar-refractivity contribution in [1.82, 2.24) is 4.90 Å². The summed E-state index contributed by atoms with van der Waals surface area (Å²) in [4.78, 5) is 14.4. The molecule has 1 saturated carbocycles. The van der Waals surface area contributed by atoms with Crippen molar-refractivity contribution in [1.29, 1.82) is 0 Å². The van der Waals surface area contributed by atoms with Gasteiger partial charge in [-0.1, -0.05) is 6.07 Å². The molecule has 5 heteroatoms. The number of esters is 1. The smallest absolute Gasteiger partial charge is 0.308 e. The molecule has 0 unspecified atom stereocenters. The Morgan fingerprint density at radius 1 is 1.30 bits per heavy atom. The van der Waals surface area contributed by atoms with E-state index in [1.165, 1.54) is 37.4 Å². The van der Waals surface area contributed by atoms with Gasteiger partial charge in [0.05, 0.1) is 17.1 Å². The highest BCUT2D eigenvalue weighted by molar-refractivity contribution is 5.73. The second kappa shape index (κ2) is 4.69. The topological polar surface area (TPSA) is 48.0 Å². The van der Waals surface area contributed by atoms with Crippen molar-refractivity contribution < 1.29 is 19.0 Å². The highest BCUT2D eigenvalue weighted by Crippen LogP contribution is 2.71. The van der Waals surface area contributed by atoms with Crippen LogP contribution in [0.4, 0.5) is 0 Å². The Morgan fingerprint density at radius 2 is 2.19 bits per heavy atom. The summed E-state index contributed by atoms with van der Waals surface area (Å²) < 4.78 is 18.9. The van der Waals surface area contributed by atoms with E-state index in [0.717, 1.165) is 43.9 Å². The van der Waals surface area contributed by atoms with E-state index in [0.29, 0.717) is 11.8 Å². The Morgan fingerprint density at radius 3 is 3.00 bits per heavy atom. The Bertz CT molecular complexity index is 879. The standard InChI is InChI=1S/C22H25NO4/c1-12(24)25-15-5-4-14-10-17-22-7-6-16(27-22)20-21(22,18(14)19(15)26-20)8-9-23(17)11-13-2-3-13/h4-5,13,16-17,20H,2-3,6-11H2,1H3/t16-,17-,20+,21+,22+/m1/s1. The monoisotopic (exact) mass is 367 g/mol. The summed E-state index contributed by atoms with van der Waals surface area (Å²) in [7, 11) is 0. The lowest BCUT2D eigenvalue weighted by Crippen LogP contribution is -2.71. The van der Waals surface area contributed by atoms with Crippen molar-refractivity contribution in [2.45, 2.75) is 74.7 Å². The molecule has 6 aliphatic rings. The molecule has 3 saturated heterocycles. The van der Waals surface area contributed by atoms with Gasteiger partial charge in [-0.2, -0.15) is 0 Å². The van der Waals surface area contributed by atoms with Crippen molar-refractivity contribution in [2.24, 2.45) is 5.92 Å². The molecule has 1 aromatic carbocycles. The maximum absolute atomic E-state index is 11.6. The van der Waals surface area contributed by atoms with Crippen LogP contribution < -0.4 is 9.47 Å². The minimum atomic E-state index is -0.286. The van der Waals surface area contributed by atoms with Crippen LogP contribution in [0.1, 0.15) is 50.2 Å². The van der Waals surface area contributed by atoms with Crippen LogP contribution in [0, 0.1) is 5.92 Å². The van der Waals surface area contributed by atoms with Gasteiger partial charge in [-0.25, -0.2) is 0 Å². The molecule has 27 heavy (non-hydrogen) atoms. The lowest BCUT2D eigenvalue weighted by molar-refractivity contribution is -0.132. The van der Waals surface area contributed by atoms with E-state index in [-0.39, 0.29) is 29.2 Å². The fourth-order valence-electron chi connectivity index (χ4n) is 7.26. The predicted octanol–water partition coefficient (Wildman–Crippen LogP) is 2.58. The van der Waals surface area contributed by atoms with Crippen molar-refractivity contribution >= 4 is 5.97 Å². The summed E-state index contributed by atoms with van der Waals surface area (Å²) in [5.74, 6) is 2.04. The summed E-state index contributed by atoms with van der Waals surface area (Å²) in [6.45, 7) is 3.83. The van der Waals surface area contributed by atoms with E-state index in [1.54, 1.807) is 0 Å². The highest BCUT2D eigenvalue weighted by atomic mass is 16.6. The predicted molar refractivity (Wildman–Crippen MR) is 97.1 cm³/mol. The second-order valence-electron chi connectivity index (χ2n) is 9.52. The minimum Gasteiger partial charge on any atom is -0.482 e. The van der Waals surface area contributed by atoms with E-state index in [4.69, 9.17) is 14.2 Å². The van der Waals surface area contributed by atoms with Crippen LogP contribution in [0.2, 0.25) is 0 Å². The number of piperidine rings is 1. The maximum atomic E-state index is 11.6. The van der Waals surface area contributed by atoms with Crippen LogP contribution in [-0.2, 0) is 21.4 Å². The number of fused-ring (bicyclic) bond motifs is 2. The van der Waals surface area contributed by atoms with Gasteiger partial charge < -0.3 is 14.2 Å². The van der Waals surface area contributed by atoms with E-state index >= 15 is 0 Å². The number of hydrogen-bond acceptors (Lipinski definition) is 5. The molecule has 2 aliphatic carbocycles. The molecular formula is C22H25NO4. The summed E-state index contributed by atoms with van der Waals surface area (Å²) in [6.07, 6.45) is 7.40. The van der Waals surface area contributed by atoms with E-state index in [1.807, 2.05) is 6.07 Å². The van der Waals surface area contributed by atoms with Gasteiger partial charge in [0, 0.05) is 25.1 Å². The van der Waals surface area contributed by atoms with Crippen LogP contribution in [-0.4, -0.2) is 47.8 Å². The lowest BCUT2D eigenvalue weighted by Gasteiger charge is -2.59. The van der Waals surface area contributed by atoms with Crippen molar-refractivity contribution in [3.05, 3.63) is 23.3 Å². The number of nitrogens with zero attached hydrogens (tertiary/aromatic N) is 1. The molecule has 0 amide bonds. The fourth-order valence-corrected chi connectivity index (χ4v) is 7.26. The van der Waals surface area contributed by atoms with Crippen molar-refractivity contribution in [3.8, 4) is 11.5 Å². The first kappa shape index (κ1) is 15.3. The molecule has 142 valence electrons. The first-order valence-corrected chi connectivity index (χ1v) is 10.6. The third-order valence-electron chi connectivity index (χ3n) is 8.27. The molecule has 4 heterocycles. The Hall–Kier alpha value is -1.59. The van der Waals surface area contributed by atoms with Crippen LogP contribution in [0.5, 0.6) is 11.5 Å². The number of carbonyl (C=O) groups is 1. The van der Waals surface area contributed by atoms with Gasteiger partial charge in [-0.05, 0) is 62.6 Å².